The van der Waals surface area contributed by atoms with Gasteiger partial charge in [-0.15, -0.1) is 0 Å². The molecule has 0 saturated heterocycles. The Bertz CT molecular complexity index is 3380. The second kappa shape index (κ2) is 12.3. The molecular weight excluding hydrogens is 785 g/mol. The number of rotatable bonds is 4. The van der Waals surface area contributed by atoms with Gasteiger partial charge in [0, 0.05) is 0 Å². The van der Waals surface area contributed by atoms with Crippen LogP contribution in [-0.4, -0.2) is 22.8 Å². The van der Waals surface area contributed by atoms with E-state index in [0.29, 0.717) is 5.56 Å². The third-order valence-electron chi connectivity index (χ3n) is 12.6. The van der Waals surface area contributed by atoms with Crippen molar-refractivity contribution in [2.75, 3.05) is 0 Å². The van der Waals surface area contributed by atoms with Gasteiger partial charge >= 0.3 is 324 Å². The molecule has 9 aromatic rings. The van der Waals surface area contributed by atoms with E-state index in [2.05, 4.69) is 155 Å². The molecule has 284 valence electrons. The van der Waals surface area contributed by atoms with E-state index in [1.165, 1.54) is 15.5 Å². The molecule has 0 amide bonds. The first kappa shape index (κ1) is 31.6. The van der Waals surface area contributed by atoms with Crippen LogP contribution < -0.4 is 13.5 Å². The summed E-state index contributed by atoms with van der Waals surface area (Å²) in [6.07, 6.45) is 2.37. The molecule has 1 unspecified atom stereocenters. The van der Waals surface area contributed by atoms with Gasteiger partial charge in [-0.05, 0) is 0 Å². The van der Waals surface area contributed by atoms with Gasteiger partial charge in [-0.25, -0.2) is 0 Å². The van der Waals surface area contributed by atoms with Crippen molar-refractivity contribution in [1.29, 1.82) is 0 Å². The number of para-hydroxylation sites is 2. The Kier molecular flexibility index (Phi) is 6.72. The van der Waals surface area contributed by atoms with Gasteiger partial charge in [0.15, 0.2) is 0 Å². The second-order valence-corrected chi connectivity index (χ2v) is 29.2. The molecule has 2 aliphatic heterocycles. The zero-order valence-corrected chi connectivity index (χ0v) is 37.2. The first-order chi connectivity index (χ1) is 29.4. The van der Waals surface area contributed by atoms with Crippen LogP contribution in [0.15, 0.2) is 121 Å². The van der Waals surface area contributed by atoms with Crippen LogP contribution in [0.4, 0.5) is 0 Å². The fraction of sp³-hybridized carbons (Fsp3) is 0.212. The van der Waals surface area contributed by atoms with Crippen molar-refractivity contribution in [2.45, 2.75) is 70.3 Å². The quantitative estimate of drug-likeness (QED) is 0.128. The van der Waals surface area contributed by atoms with Crippen molar-refractivity contribution >= 4 is 60.3 Å². The molecule has 2 aliphatic rings. The van der Waals surface area contributed by atoms with E-state index in [1.807, 2.05) is 26.0 Å². The molecule has 0 aliphatic carbocycles. The third kappa shape index (κ3) is 4.72. The average molecular weight is 838 g/mol. The number of thiophene rings is 1. The molecule has 6 heterocycles. The van der Waals surface area contributed by atoms with Gasteiger partial charge in [0.05, 0.1) is 0 Å². The molecule has 1 spiro atoms. The first-order valence-corrected chi connectivity index (χ1v) is 28.4. The van der Waals surface area contributed by atoms with Gasteiger partial charge in [0.2, 0.25) is 0 Å². The monoisotopic (exact) mass is 838 g/mol. The Morgan fingerprint density at radius 1 is 0.793 bits per heavy atom. The van der Waals surface area contributed by atoms with Crippen LogP contribution in [-0.2, 0) is 5.66 Å². The van der Waals surface area contributed by atoms with Crippen LogP contribution in [0, 0.1) is 27.6 Å². The molecule has 4 nitrogen and oxygen atoms in total. The van der Waals surface area contributed by atoms with E-state index >= 15 is 0 Å². The summed E-state index contributed by atoms with van der Waals surface area (Å²) >= 11 is -0.983. The molecule has 6 heteroatoms. The van der Waals surface area contributed by atoms with Crippen LogP contribution in [0.3, 0.4) is 0 Å². The minimum absolute atomic E-state index is 0.309. The van der Waals surface area contributed by atoms with Crippen LogP contribution in [0.25, 0.3) is 70.8 Å². The van der Waals surface area contributed by atoms with Crippen LogP contribution >= 0.6 is 11.3 Å². The molecule has 11 rings (SSSR count). The van der Waals surface area contributed by atoms with E-state index in [4.69, 9.17) is 9.10 Å². The minimum atomic E-state index is -2.72. The van der Waals surface area contributed by atoms with Gasteiger partial charge < -0.3 is 0 Å². The van der Waals surface area contributed by atoms with Crippen molar-refractivity contribution in [3.63, 3.8) is 0 Å². The van der Waals surface area contributed by atoms with Gasteiger partial charge in [-0.1, -0.05) is 30.3 Å². The number of hydrogen-bond donors (Lipinski definition) is 0. The summed E-state index contributed by atoms with van der Waals surface area (Å²) in [5.41, 5.74) is 14.3. The molecule has 58 heavy (non-hydrogen) atoms. The second-order valence-electron chi connectivity index (χ2n) is 17.6. The number of aryl methyl sites for hydroxylation is 4. The van der Waals surface area contributed by atoms with E-state index in [1.54, 1.807) is 17.4 Å². The van der Waals surface area contributed by atoms with E-state index in [-0.39, 0.29) is 0 Å². The van der Waals surface area contributed by atoms with Crippen molar-refractivity contribution in [2.24, 2.45) is 0 Å². The molecule has 0 bridgehead atoms. The molecule has 0 radical (unpaired) electrons. The van der Waals surface area contributed by atoms with Crippen LogP contribution in [0.1, 0.15) is 64.3 Å². The van der Waals surface area contributed by atoms with Gasteiger partial charge in [0.1, 0.15) is 0 Å². The summed E-state index contributed by atoms with van der Waals surface area (Å²) in [7, 11) is 0. The van der Waals surface area contributed by atoms with Crippen LogP contribution in [0.5, 0.6) is 0 Å². The summed E-state index contributed by atoms with van der Waals surface area (Å²) in [6.45, 7) is 8.16. The van der Waals surface area contributed by atoms with Crippen molar-refractivity contribution < 1.29 is 14.6 Å². The van der Waals surface area contributed by atoms with Gasteiger partial charge in [-0.2, -0.15) is 0 Å². The Balaban J connectivity index is 1.38. The zero-order valence-electron chi connectivity index (χ0n) is 38.2. The number of pyridine rings is 2. The average Bonchev–Trinajstić information content (AvgIpc) is 3.92. The fourth-order valence-electron chi connectivity index (χ4n) is 10.2. The predicted octanol–water partition coefficient (Wildman–Crippen LogP) is 11.8. The maximum absolute atomic E-state index is 9.50. The number of aromatic nitrogens is 4. The Labute approximate surface area is 353 Å². The first-order valence-electron chi connectivity index (χ1n) is 22.2. The fourth-order valence-corrected chi connectivity index (χ4v) is 14.9. The number of nitrogens with zero attached hydrogens (tertiary/aromatic N) is 4. The van der Waals surface area contributed by atoms with Gasteiger partial charge in [0.25, 0.3) is 0 Å². The van der Waals surface area contributed by atoms with Crippen LogP contribution in [0.2, 0.25) is 17.3 Å². The molecule has 0 fully saturated rings. The van der Waals surface area contributed by atoms with E-state index < -0.39 is 31.7 Å². The molecule has 4 aromatic heterocycles. The molecule has 0 N–H and O–H groups in total. The topological polar surface area (TPSA) is 25.6 Å². The Morgan fingerprint density at radius 3 is 2.28 bits per heavy atom. The van der Waals surface area contributed by atoms with Gasteiger partial charge in [-0.3, -0.25) is 0 Å². The van der Waals surface area contributed by atoms with E-state index in [0.717, 1.165) is 93.2 Å². The standard InChI is InChI=1S/C52H48GeN4S/c1-30(2)40-28-46-39-21-19-31(3)25-42(39)52(55(46)29-43(40)53(7,8)9)41-24-23-37-38-22-20-34(6)54-50(38)58-49(37)47(41)51-56(44-17-13-14-18-45(44)57(51)52)48-32(4)26-36(27-33(48)5)35-15-11-10-12-16-35/h10-30H,1-9H3/q+2/i3D3,30D. The molecule has 5 aromatic carbocycles. The maximum atomic E-state index is 9.50. The summed E-state index contributed by atoms with van der Waals surface area (Å²) < 4.78 is 45.6. The van der Waals surface area contributed by atoms with E-state index in [9.17, 15) is 1.37 Å². The molecular formula is C52H48GeN4S+2. The summed E-state index contributed by atoms with van der Waals surface area (Å²) in [5.74, 6) is 7.42. The van der Waals surface area contributed by atoms with Crippen molar-refractivity contribution in [1.82, 2.24) is 9.55 Å². The van der Waals surface area contributed by atoms with Crippen molar-refractivity contribution in [3.05, 3.63) is 161 Å². The normalized spacial score (nSPS) is 17.0. The third-order valence-corrected chi connectivity index (χ3v) is 18.0. The molecule has 0 saturated carbocycles. The number of benzene rings is 5. The summed E-state index contributed by atoms with van der Waals surface area (Å²) in [5, 5.41) is 2.28. The zero-order chi connectivity index (χ0) is 43.4. The predicted molar refractivity (Wildman–Crippen MR) is 245 cm³/mol. The SMILES string of the molecule is [2H]C([2H])([2H])c1ccc2c(c1)C1(c3ccc4c(sc5nc(C)ccc54)c3-c3n(-c4c(C)cc(-c5ccccc5)cc4C)c4ccccc4[n+]31)[n+]1c[c]([Ge]([CH3])([CH3])[CH3])c(C([2H])(C)C)cc1-2. The summed E-state index contributed by atoms with van der Waals surface area (Å²) in [6, 6.07) is 40.8. The molecule has 1 atom stereocenters. The number of hydrogen-bond acceptors (Lipinski definition) is 2. The number of imidazole rings is 1. The summed E-state index contributed by atoms with van der Waals surface area (Å²) in [4.78, 5) is 6.08. The Morgan fingerprint density at radius 2 is 1.53 bits per heavy atom. The Hall–Kier alpha value is -5.37. The van der Waals surface area contributed by atoms with Crippen molar-refractivity contribution in [3.8, 4) is 39.5 Å². The number of fused-ring (bicyclic) bond motifs is 16.